The van der Waals surface area contributed by atoms with Gasteiger partial charge in [-0.05, 0) is 153 Å². The van der Waals surface area contributed by atoms with Gasteiger partial charge >= 0.3 is 68.3 Å². The van der Waals surface area contributed by atoms with Crippen LogP contribution in [-0.2, 0) is 132 Å². The molecular weight excluding hydrogens is 1880 g/mol. The summed E-state index contributed by atoms with van der Waals surface area (Å²) in [4.78, 5) is 53.1. The summed E-state index contributed by atoms with van der Waals surface area (Å²) in [6, 6.07) is 48.3. The summed E-state index contributed by atoms with van der Waals surface area (Å²) >= 11 is 0. The summed E-state index contributed by atoms with van der Waals surface area (Å²) in [5.74, 6) is 0. The predicted octanol–water partition coefficient (Wildman–Crippen LogP) is -21.0. The molecule has 0 spiro atoms. The Hall–Kier alpha value is -4.42. The second-order valence-electron chi connectivity index (χ2n) is 22.7. The average molecular weight is 1970 g/mol. The molecule has 0 bridgehead atoms. The van der Waals surface area contributed by atoms with E-state index >= 15 is 0 Å². The molecule has 0 fully saturated rings. The van der Waals surface area contributed by atoms with Crippen LogP contribution in [-0.4, -0.2) is 199 Å². The minimum Gasteiger partial charge on any atom is -2.00 e. The maximum Gasteiger partial charge on any atom is 5.00 e. The van der Waals surface area contributed by atoms with Crippen LogP contribution >= 0.6 is 0 Å². The molecular formula is C64H90Cl6Fe4N16O28+8. The molecule has 0 aromatic carbocycles. The molecule has 54 heteroatoms. The molecule has 0 atom stereocenters. The molecule has 0 saturated carbocycles. The second kappa shape index (κ2) is 76.2. The largest absolute Gasteiger partial charge is 5.00 e. The van der Waals surface area contributed by atoms with E-state index in [2.05, 4.69) is 184 Å². The van der Waals surface area contributed by atoms with Gasteiger partial charge in [-0.2, -0.15) is 0 Å². The second-order valence-corrected chi connectivity index (χ2v) is 27.3. The van der Waals surface area contributed by atoms with Crippen LogP contribution in [0, 0.1) is 61.5 Å². The molecule has 0 aliphatic carbocycles. The van der Waals surface area contributed by atoms with Crippen molar-refractivity contribution < 1.29 is 263 Å². The Morgan fingerprint density at radius 1 is 0.186 bits per heavy atom. The molecule has 8 aromatic rings. The molecule has 0 saturated heterocycles. The van der Waals surface area contributed by atoms with Gasteiger partial charge in [0.1, 0.15) is 0 Å². The standard InChI is InChI=1S/4C16H22N4.6ClHO4.4Fe.2H2O.2O/c4*1-19(13-15-7-3-5-9-17-15)11-12-20(2)14-16-8-4-6-10-18-16;6*2-1(3,4)5;;;;;;;;/h4*3-10H,11-14H2,1-2H3;6*(H,2,3,4,5);;;;;2*1H2;;/q;;;;;;;;;;4*+5;;;2*-2/p-8. The smallest absolute Gasteiger partial charge is 2.00 e. The van der Waals surface area contributed by atoms with E-state index < -0.39 is 61.5 Å². The van der Waals surface area contributed by atoms with Crippen molar-refractivity contribution in [1.29, 1.82) is 0 Å². The van der Waals surface area contributed by atoms with E-state index in [-0.39, 0.29) is 90.2 Å². The Morgan fingerprint density at radius 2 is 0.263 bits per heavy atom. The van der Waals surface area contributed by atoms with E-state index in [1.54, 1.807) is 0 Å². The number of hydrogen-bond donors (Lipinski definition) is 0. The van der Waals surface area contributed by atoms with E-state index in [1.165, 1.54) is 0 Å². The van der Waals surface area contributed by atoms with Crippen molar-refractivity contribution in [2.45, 2.75) is 52.4 Å². The van der Waals surface area contributed by atoms with Gasteiger partial charge < -0.3 is 21.9 Å². The Bertz CT molecular complexity index is 2760. The van der Waals surface area contributed by atoms with Gasteiger partial charge in [-0.25, -0.2) is 112 Å². The van der Waals surface area contributed by atoms with Crippen molar-refractivity contribution in [2.75, 3.05) is 109 Å². The monoisotopic (exact) mass is 1960 g/mol. The van der Waals surface area contributed by atoms with E-state index in [1.807, 2.05) is 147 Å². The van der Waals surface area contributed by atoms with Crippen molar-refractivity contribution in [3.63, 3.8) is 0 Å². The first kappa shape index (κ1) is 134. The number of rotatable bonds is 28. The number of likely N-dealkylation sites (N-methyl/N-ethyl adjacent to an activating group) is 8. The van der Waals surface area contributed by atoms with Crippen LogP contribution in [0.15, 0.2) is 195 Å². The first-order chi connectivity index (χ1) is 50.9. The summed E-state index contributed by atoms with van der Waals surface area (Å²) in [6.45, 7) is 15.2. The fourth-order valence-corrected chi connectivity index (χ4v) is 8.14. The Morgan fingerprint density at radius 3 is 0.322 bits per heavy atom. The summed E-state index contributed by atoms with van der Waals surface area (Å²) in [7, 11) is -12.6. The molecule has 0 amide bonds. The first-order valence-corrected chi connectivity index (χ1v) is 38.7. The van der Waals surface area contributed by atoms with Gasteiger partial charge in [0.2, 0.25) is 0 Å². The molecule has 4 radical (unpaired) electrons. The third kappa shape index (κ3) is 110. The zero-order chi connectivity index (χ0) is 83.8. The van der Waals surface area contributed by atoms with Crippen LogP contribution in [0.25, 0.3) is 0 Å². The molecule has 44 nitrogen and oxygen atoms in total. The van der Waals surface area contributed by atoms with Crippen molar-refractivity contribution in [3.05, 3.63) is 241 Å². The molecule has 0 aliphatic rings. The van der Waals surface area contributed by atoms with Crippen LogP contribution in [0.4, 0.5) is 0 Å². The van der Waals surface area contributed by atoms with Crippen molar-refractivity contribution >= 4 is 0 Å². The zero-order valence-corrected chi connectivity index (χ0v) is 73.1. The molecule has 2 N–H and O–H groups in total. The van der Waals surface area contributed by atoms with Crippen LogP contribution in [0.2, 0.25) is 0 Å². The number of hydrogen-bond acceptors (Lipinski definition) is 42. The summed E-state index contributed by atoms with van der Waals surface area (Å²) in [6.07, 6.45) is 14.7. The van der Waals surface area contributed by atoms with Crippen molar-refractivity contribution in [1.82, 2.24) is 79.1 Å². The van der Waals surface area contributed by atoms with Crippen molar-refractivity contribution in [3.8, 4) is 0 Å². The number of halogens is 6. The SMILES string of the molecule is CN(CCN(C)Cc1ccccn1)Cc1ccccn1.CN(CCN(C)Cc1ccccn1)Cc1ccccn1.CN(CCN(C)Cc1ccccn1)Cc1ccccn1.CN(CCN(C)Cc1ccccn1)Cc1ccccn1.[Fe+5].[Fe+5].[Fe+5].[Fe+5].[O-2].[O-2].[O-][Cl+3]([O-])([O-])[O-].[O-][Cl+3]([O-])([O-])[O-].[O-][Cl+3]([O-])([O-])[O-].[O-][Cl+3]([O-])([O-])[O-].[O-][Cl+3]([O-])([O-])[O-].[O-][Cl+3]([O-])([O-])[O-].[OH-].[OH-]. The molecule has 8 heterocycles. The molecule has 0 unspecified atom stereocenters. The Labute approximate surface area is 739 Å². The average Bonchev–Trinajstić information content (AvgIpc) is 0.912. The molecule has 8 aromatic heterocycles. The fraction of sp³-hybridized carbons (Fsp3) is 0.375. The first-order valence-electron chi connectivity index (χ1n) is 31.3. The molecule has 118 heavy (non-hydrogen) atoms. The molecule has 0 aliphatic heterocycles. The normalized spacial score (nSPS) is 10.6. The third-order valence-corrected chi connectivity index (χ3v) is 12.7. The zero-order valence-electron chi connectivity index (χ0n) is 64.1. The van der Waals surface area contributed by atoms with Crippen LogP contribution < -0.4 is 112 Å². The maximum atomic E-state index is 8.49. The topological polar surface area (TPSA) is 799 Å². The summed E-state index contributed by atoms with van der Waals surface area (Å²) in [5.41, 5.74) is 8.91. The van der Waals surface area contributed by atoms with Crippen LogP contribution in [0.3, 0.4) is 0 Å². The molecule has 660 valence electrons. The quantitative estimate of drug-likeness (QED) is 0.0411. The maximum absolute atomic E-state index is 8.49. The Balaban J connectivity index is -0.000000144. The van der Waals surface area contributed by atoms with Crippen LogP contribution in [0.1, 0.15) is 45.6 Å². The van der Waals surface area contributed by atoms with E-state index in [9.17, 15) is 0 Å². The number of aromatic nitrogens is 8. The third-order valence-electron chi connectivity index (χ3n) is 12.7. The van der Waals surface area contributed by atoms with Gasteiger partial charge in [0.15, 0.2) is 0 Å². The van der Waals surface area contributed by atoms with Gasteiger partial charge in [0, 0.05) is 154 Å². The fourth-order valence-electron chi connectivity index (χ4n) is 8.14. The molecule has 8 rings (SSSR count). The van der Waals surface area contributed by atoms with Crippen molar-refractivity contribution in [2.24, 2.45) is 0 Å². The van der Waals surface area contributed by atoms with Gasteiger partial charge in [0.05, 0.1) is 45.6 Å². The summed E-state index contributed by atoms with van der Waals surface area (Å²) < 4.78 is 204. The van der Waals surface area contributed by atoms with E-state index in [4.69, 9.17) is 112 Å². The Kier molecular flexibility index (Phi) is 86.7. The number of nitrogens with zero attached hydrogens (tertiary/aromatic N) is 16. The van der Waals surface area contributed by atoms with Gasteiger partial charge in [-0.15, -0.1) is 61.5 Å². The minimum absolute atomic E-state index is 0. The van der Waals surface area contributed by atoms with E-state index in [0.29, 0.717) is 0 Å². The van der Waals surface area contributed by atoms with Gasteiger partial charge in [-0.3, -0.25) is 79.1 Å². The minimum atomic E-state index is -4.94. The number of pyridine rings is 8. The predicted molar refractivity (Wildman–Crippen MR) is 330 cm³/mol. The van der Waals surface area contributed by atoms with Gasteiger partial charge in [-0.1, -0.05) is 48.5 Å². The van der Waals surface area contributed by atoms with E-state index in [0.717, 1.165) is 150 Å². The summed E-state index contributed by atoms with van der Waals surface area (Å²) in [5, 5.41) is 0. The van der Waals surface area contributed by atoms with Gasteiger partial charge in [0.25, 0.3) is 0 Å². The van der Waals surface area contributed by atoms with Crippen LogP contribution in [0.5, 0.6) is 0 Å².